The van der Waals surface area contributed by atoms with Crippen LogP contribution in [0.25, 0.3) is 0 Å². The molecule has 0 aromatic heterocycles. The molecule has 1 saturated heterocycles. The SMILES string of the molecule is CC1(C(=O)c2ccc3c(c2)C(C)(C)CO3)CCCO1. The predicted octanol–water partition coefficient (Wildman–Crippen LogP) is 3.11. The minimum atomic E-state index is -0.641. The van der Waals surface area contributed by atoms with Crippen molar-refractivity contribution in [2.75, 3.05) is 13.2 Å². The van der Waals surface area contributed by atoms with Gasteiger partial charge in [0.15, 0.2) is 5.78 Å². The lowest BCUT2D eigenvalue weighted by atomic mass is 9.84. The van der Waals surface area contributed by atoms with Crippen molar-refractivity contribution in [3.05, 3.63) is 29.3 Å². The number of fused-ring (bicyclic) bond motifs is 1. The summed E-state index contributed by atoms with van der Waals surface area (Å²) in [5, 5.41) is 0. The number of hydrogen-bond acceptors (Lipinski definition) is 3. The summed E-state index contributed by atoms with van der Waals surface area (Å²) in [6.45, 7) is 7.54. The molecule has 0 N–H and O–H groups in total. The van der Waals surface area contributed by atoms with E-state index in [4.69, 9.17) is 9.47 Å². The van der Waals surface area contributed by atoms with Gasteiger partial charge in [-0.2, -0.15) is 0 Å². The highest BCUT2D eigenvalue weighted by Crippen LogP contribution is 2.39. The molecular weight excluding hydrogens is 240 g/mol. The average molecular weight is 260 g/mol. The molecule has 1 atom stereocenters. The first-order chi connectivity index (χ1) is 8.92. The second-order valence-corrected chi connectivity index (χ2v) is 6.40. The molecular formula is C16H20O3. The number of carbonyl (C=O) groups is 1. The number of rotatable bonds is 2. The molecule has 1 aromatic rings. The van der Waals surface area contributed by atoms with E-state index >= 15 is 0 Å². The zero-order valence-electron chi connectivity index (χ0n) is 11.8. The first-order valence-electron chi connectivity index (χ1n) is 6.88. The minimum absolute atomic E-state index is 0.0247. The third kappa shape index (κ3) is 1.96. The maximum Gasteiger partial charge on any atom is 0.194 e. The van der Waals surface area contributed by atoms with Crippen molar-refractivity contribution in [3.8, 4) is 5.75 Å². The Morgan fingerprint density at radius 2 is 2.05 bits per heavy atom. The molecule has 19 heavy (non-hydrogen) atoms. The van der Waals surface area contributed by atoms with Gasteiger partial charge in [-0.05, 0) is 38.0 Å². The second kappa shape index (κ2) is 4.07. The van der Waals surface area contributed by atoms with Crippen LogP contribution in [0.15, 0.2) is 18.2 Å². The molecule has 0 radical (unpaired) electrons. The van der Waals surface area contributed by atoms with Crippen molar-refractivity contribution >= 4 is 5.78 Å². The number of Topliss-reactive ketones (excluding diaryl/α,β-unsaturated/α-hetero) is 1. The Hall–Kier alpha value is -1.35. The molecule has 0 aliphatic carbocycles. The molecule has 0 spiro atoms. The van der Waals surface area contributed by atoms with Crippen molar-refractivity contribution in [2.45, 2.75) is 44.6 Å². The lowest BCUT2D eigenvalue weighted by Crippen LogP contribution is -2.34. The van der Waals surface area contributed by atoms with E-state index in [0.29, 0.717) is 13.2 Å². The van der Waals surface area contributed by atoms with E-state index < -0.39 is 5.60 Å². The van der Waals surface area contributed by atoms with Gasteiger partial charge in [-0.15, -0.1) is 0 Å². The van der Waals surface area contributed by atoms with Gasteiger partial charge in [0.1, 0.15) is 11.4 Å². The molecule has 0 bridgehead atoms. The average Bonchev–Trinajstić information content (AvgIpc) is 2.94. The zero-order chi connectivity index (χ0) is 13.7. The monoisotopic (exact) mass is 260 g/mol. The second-order valence-electron chi connectivity index (χ2n) is 6.40. The van der Waals surface area contributed by atoms with E-state index in [0.717, 1.165) is 29.7 Å². The molecule has 1 aromatic carbocycles. The number of hydrogen-bond donors (Lipinski definition) is 0. The lowest BCUT2D eigenvalue weighted by molar-refractivity contribution is 0.0213. The molecule has 1 fully saturated rings. The van der Waals surface area contributed by atoms with Crippen LogP contribution < -0.4 is 4.74 Å². The van der Waals surface area contributed by atoms with Crippen LogP contribution in [-0.4, -0.2) is 24.6 Å². The molecule has 2 aliphatic heterocycles. The Kier molecular flexibility index (Phi) is 2.72. The normalized spacial score (nSPS) is 27.9. The van der Waals surface area contributed by atoms with Gasteiger partial charge < -0.3 is 9.47 Å². The number of carbonyl (C=O) groups excluding carboxylic acids is 1. The first kappa shape index (κ1) is 12.7. The highest BCUT2D eigenvalue weighted by Gasteiger charge is 2.39. The van der Waals surface area contributed by atoms with Gasteiger partial charge in [-0.3, -0.25) is 4.79 Å². The number of benzene rings is 1. The van der Waals surface area contributed by atoms with E-state index in [1.165, 1.54) is 0 Å². The molecule has 3 heteroatoms. The van der Waals surface area contributed by atoms with E-state index in [1.54, 1.807) is 0 Å². The summed E-state index contributed by atoms with van der Waals surface area (Å²) >= 11 is 0. The number of ether oxygens (including phenoxy) is 2. The highest BCUT2D eigenvalue weighted by atomic mass is 16.5. The van der Waals surface area contributed by atoms with Crippen molar-refractivity contribution in [3.63, 3.8) is 0 Å². The van der Waals surface area contributed by atoms with E-state index in [9.17, 15) is 4.79 Å². The van der Waals surface area contributed by atoms with E-state index in [2.05, 4.69) is 13.8 Å². The Balaban J connectivity index is 1.97. The van der Waals surface area contributed by atoms with Gasteiger partial charge in [0.2, 0.25) is 0 Å². The van der Waals surface area contributed by atoms with Gasteiger partial charge in [0.25, 0.3) is 0 Å². The van der Waals surface area contributed by atoms with Gasteiger partial charge in [-0.25, -0.2) is 0 Å². The van der Waals surface area contributed by atoms with Crippen LogP contribution in [0.3, 0.4) is 0 Å². The summed E-state index contributed by atoms with van der Waals surface area (Å²) in [5.41, 5.74) is 1.20. The smallest absolute Gasteiger partial charge is 0.194 e. The summed E-state index contributed by atoms with van der Waals surface area (Å²) in [5.74, 6) is 0.995. The van der Waals surface area contributed by atoms with Crippen LogP contribution in [0.5, 0.6) is 5.75 Å². The summed E-state index contributed by atoms with van der Waals surface area (Å²) in [7, 11) is 0. The molecule has 3 nitrogen and oxygen atoms in total. The van der Waals surface area contributed by atoms with Crippen LogP contribution in [0.2, 0.25) is 0 Å². The van der Waals surface area contributed by atoms with Gasteiger partial charge in [0.05, 0.1) is 6.61 Å². The van der Waals surface area contributed by atoms with Crippen LogP contribution in [0, 0.1) is 0 Å². The van der Waals surface area contributed by atoms with Crippen molar-refractivity contribution in [2.24, 2.45) is 0 Å². The molecule has 102 valence electrons. The Labute approximate surface area is 113 Å². The standard InChI is InChI=1S/C16H20O3/c1-15(2)10-18-13-6-5-11(9-12(13)15)14(17)16(3)7-4-8-19-16/h5-6,9H,4,7-8,10H2,1-3H3. The lowest BCUT2D eigenvalue weighted by Gasteiger charge is -2.22. The van der Waals surface area contributed by atoms with Gasteiger partial charge >= 0.3 is 0 Å². The maximum absolute atomic E-state index is 12.6. The highest BCUT2D eigenvalue weighted by molar-refractivity contribution is 6.02. The fourth-order valence-corrected chi connectivity index (χ4v) is 2.93. The number of ketones is 1. The van der Waals surface area contributed by atoms with Crippen LogP contribution in [-0.2, 0) is 10.2 Å². The van der Waals surface area contributed by atoms with Gasteiger partial charge in [-0.1, -0.05) is 13.8 Å². The van der Waals surface area contributed by atoms with Crippen molar-refractivity contribution in [1.82, 2.24) is 0 Å². The van der Waals surface area contributed by atoms with Crippen LogP contribution in [0.4, 0.5) is 0 Å². The maximum atomic E-state index is 12.6. The summed E-state index contributed by atoms with van der Waals surface area (Å²) in [6.07, 6.45) is 1.77. The Morgan fingerprint density at radius 1 is 1.26 bits per heavy atom. The Bertz CT molecular complexity index is 525. The topological polar surface area (TPSA) is 35.5 Å². The third-order valence-electron chi connectivity index (χ3n) is 4.26. The molecule has 2 aliphatic rings. The minimum Gasteiger partial charge on any atom is -0.492 e. The van der Waals surface area contributed by atoms with E-state index in [-0.39, 0.29) is 11.2 Å². The third-order valence-corrected chi connectivity index (χ3v) is 4.26. The van der Waals surface area contributed by atoms with Crippen molar-refractivity contribution in [1.29, 1.82) is 0 Å². The summed E-state index contributed by atoms with van der Waals surface area (Å²) in [4.78, 5) is 12.6. The Morgan fingerprint density at radius 3 is 2.74 bits per heavy atom. The predicted molar refractivity (Wildman–Crippen MR) is 72.9 cm³/mol. The van der Waals surface area contributed by atoms with E-state index in [1.807, 2.05) is 25.1 Å². The molecule has 0 saturated carbocycles. The summed E-state index contributed by atoms with van der Waals surface area (Å²) < 4.78 is 11.3. The zero-order valence-corrected chi connectivity index (χ0v) is 11.8. The fourth-order valence-electron chi connectivity index (χ4n) is 2.93. The van der Waals surface area contributed by atoms with Crippen LogP contribution in [0.1, 0.15) is 49.5 Å². The van der Waals surface area contributed by atoms with Crippen molar-refractivity contribution < 1.29 is 14.3 Å². The fraction of sp³-hybridized carbons (Fsp3) is 0.562. The molecule has 1 unspecified atom stereocenters. The largest absolute Gasteiger partial charge is 0.492 e. The molecule has 0 amide bonds. The first-order valence-corrected chi connectivity index (χ1v) is 6.88. The van der Waals surface area contributed by atoms with Crippen LogP contribution >= 0.6 is 0 Å². The summed E-state index contributed by atoms with van der Waals surface area (Å²) in [6, 6.07) is 5.75. The van der Waals surface area contributed by atoms with Gasteiger partial charge in [0, 0.05) is 23.1 Å². The quantitative estimate of drug-likeness (QED) is 0.766. The molecule has 2 heterocycles. The molecule has 3 rings (SSSR count).